The average Bonchev–Trinajstić information content (AvgIpc) is 3.10. The Morgan fingerprint density at radius 3 is 1.88 bits per heavy atom. The number of hydrogen-bond acceptors (Lipinski definition) is 3. The lowest BCUT2D eigenvalue weighted by Gasteiger charge is -2.02. The molecule has 2 aromatic heterocycles. The lowest BCUT2D eigenvalue weighted by atomic mass is 10.0. The van der Waals surface area contributed by atoms with E-state index in [9.17, 15) is 0 Å². The Bertz CT molecular complexity index is 1120. The molecule has 0 aliphatic heterocycles. The molecule has 0 saturated heterocycles. The summed E-state index contributed by atoms with van der Waals surface area (Å²) in [5.41, 5.74) is 6.47. The minimum Gasteiger partial charge on any atom is -0.436 e. The standard InChI is InChI=1S/C22H14N2O/c1-2-6-15(7-3-1)16-10-12-17(13-11-16)21-14-20-22(25-21)24-19-9-5-4-8-18(19)23-20/h1-14H. The van der Waals surface area contributed by atoms with Crippen LogP contribution in [0.3, 0.4) is 0 Å². The summed E-state index contributed by atoms with van der Waals surface area (Å²) in [6.07, 6.45) is 0. The van der Waals surface area contributed by atoms with Gasteiger partial charge in [0.2, 0.25) is 5.71 Å². The van der Waals surface area contributed by atoms with Crippen LogP contribution in [0.2, 0.25) is 0 Å². The zero-order valence-electron chi connectivity index (χ0n) is 13.4. The molecule has 3 nitrogen and oxygen atoms in total. The van der Waals surface area contributed by atoms with Crippen molar-refractivity contribution in [3.63, 3.8) is 0 Å². The lowest BCUT2D eigenvalue weighted by Crippen LogP contribution is -1.82. The number of benzene rings is 3. The third-order valence-corrected chi connectivity index (χ3v) is 4.31. The first-order valence-corrected chi connectivity index (χ1v) is 8.19. The Hall–Kier alpha value is -3.46. The highest BCUT2D eigenvalue weighted by atomic mass is 16.3. The number of nitrogens with zero attached hydrogens (tertiary/aromatic N) is 2. The molecule has 0 unspecified atom stereocenters. The van der Waals surface area contributed by atoms with Crippen LogP contribution < -0.4 is 0 Å². The summed E-state index contributed by atoms with van der Waals surface area (Å²) in [7, 11) is 0. The Balaban J connectivity index is 1.57. The van der Waals surface area contributed by atoms with Crippen LogP contribution in [-0.4, -0.2) is 9.97 Å². The molecular formula is C22H14N2O. The summed E-state index contributed by atoms with van der Waals surface area (Å²) in [6, 6.07) is 28.5. The number of rotatable bonds is 2. The fraction of sp³-hybridized carbons (Fsp3) is 0. The van der Waals surface area contributed by atoms with E-state index in [4.69, 9.17) is 4.42 Å². The van der Waals surface area contributed by atoms with Crippen LogP contribution in [0.5, 0.6) is 0 Å². The second kappa shape index (κ2) is 5.56. The number of fused-ring (bicyclic) bond motifs is 2. The second-order valence-electron chi connectivity index (χ2n) is 5.96. The molecule has 0 atom stereocenters. The quantitative estimate of drug-likeness (QED) is 0.418. The summed E-state index contributed by atoms with van der Waals surface area (Å²) in [5.74, 6) is 0.782. The molecule has 0 aliphatic rings. The first-order chi connectivity index (χ1) is 12.4. The van der Waals surface area contributed by atoms with Gasteiger partial charge in [-0.15, -0.1) is 0 Å². The Morgan fingerprint density at radius 2 is 1.12 bits per heavy atom. The highest BCUT2D eigenvalue weighted by molar-refractivity contribution is 5.86. The van der Waals surface area contributed by atoms with E-state index in [1.807, 2.05) is 48.5 Å². The van der Waals surface area contributed by atoms with E-state index in [1.165, 1.54) is 11.1 Å². The zero-order chi connectivity index (χ0) is 16.6. The Morgan fingerprint density at radius 1 is 0.520 bits per heavy atom. The van der Waals surface area contributed by atoms with Crippen LogP contribution in [0.25, 0.3) is 44.7 Å². The molecule has 3 heteroatoms. The van der Waals surface area contributed by atoms with Gasteiger partial charge in [-0.25, -0.2) is 9.97 Å². The van der Waals surface area contributed by atoms with Crippen LogP contribution in [-0.2, 0) is 0 Å². The maximum atomic E-state index is 5.93. The van der Waals surface area contributed by atoms with Gasteiger partial charge in [0, 0.05) is 11.6 Å². The van der Waals surface area contributed by atoms with Gasteiger partial charge in [0.25, 0.3) is 0 Å². The van der Waals surface area contributed by atoms with Gasteiger partial charge in [0.05, 0.1) is 11.0 Å². The van der Waals surface area contributed by atoms with Gasteiger partial charge in [0.1, 0.15) is 11.3 Å². The van der Waals surface area contributed by atoms with E-state index in [2.05, 4.69) is 46.4 Å². The number of furan rings is 1. The number of hydrogen-bond donors (Lipinski definition) is 0. The highest BCUT2D eigenvalue weighted by Crippen LogP contribution is 2.29. The van der Waals surface area contributed by atoms with Gasteiger partial charge < -0.3 is 4.42 Å². The molecule has 0 bridgehead atoms. The van der Waals surface area contributed by atoms with Crippen LogP contribution in [0.15, 0.2) is 89.3 Å². The summed E-state index contributed by atoms with van der Waals surface area (Å²) >= 11 is 0. The minimum absolute atomic E-state index is 0.570. The third kappa shape index (κ3) is 2.46. The van der Waals surface area contributed by atoms with Crippen LogP contribution >= 0.6 is 0 Å². The predicted octanol–water partition coefficient (Wildman–Crippen LogP) is 5.71. The van der Waals surface area contributed by atoms with E-state index in [1.54, 1.807) is 0 Å². The molecule has 5 rings (SSSR count). The normalized spacial score (nSPS) is 11.2. The van der Waals surface area contributed by atoms with Gasteiger partial charge in [-0.3, -0.25) is 0 Å². The van der Waals surface area contributed by atoms with E-state index < -0.39 is 0 Å². The Kier molecular flexibility index (Phi) is 3.10. The zero-order valence-corrected chi connectivity index (χ0v) is 13.4. The molecule has 25 heavy (non-hydrogen) atoms. The largest absolute Gasteiger partial charge is 0.436 e. The van der Waals surface area contributed by atoms with Crippen LogP contribution in [0, 0.1) is 0 Å². The molecule has 0 saturated carbocycles. The van der Waals surface area contributed by atoms with Crippen molar-refractivity contribution in [3.05, 3.63) is 84.9 Å². The second-order valence-corrected chi connectivity index (χ2v) is 5.96. The Labute approximate surface area is 144 Å². The maximum Gasteiger partial charge on any atom is 0.246 e. The number of para-hydroxylation sites is 2. The van der Waals surface area contributed by atoms with Crippen molar-refractivity contribution in [2.45, 2.75) is 0 Å². The maximum absolute atomic E-state index is 5.93. The molecule has 118 valence electrons. The summed E-state index contributed by atoms with van der Waals surface area (Å²) in [5, 5.41) is 0. The summed E-state index contributed by atoms with van der Waals surface area (Å²) < 4.78 is 5.93. The number of aromatic nitrogens is 2. The molecule has 0 N–H and O–H groups in total. The van der Waals surface area contributed by atoms with Gasteiger partial charge >= 0.3 is 0 Å². The summed E-state index contributed by atoms with van der Waals surface area (Å²) in [6.45, 7) is 0. The fourth-order valence-corrected chi connectivity index (χ4v) is 3.02. The van der Waals surface area contributed by atoms with Gasteiger partial charge in [0.15, 0.2) is 0 Å². The van der Waals surface area contributed by atoms with Crippen LogP contribution in [0.1, 0.15) is 0 Å². The first-order valence-electron chi connectivity index (χ1n) is 8.19. The fourth-order valence-electron chi connectivity index (χ4n) is 3.02. The summed E-state index contributed by atoms with van der Waals surface area (Å²) in [4.78, 5) is 9.19. The lowest BCUT2D eigenvalue weighted by molar-refractivity contribution is 0.619. The molecule has 2 heterocycles. The van der Waals surface area contributed by atoms with Crippen molar-refractivity contribution in [1.29, 1.82) is 0 Å². The van der Waals surface area contributed by atoms with Crippen molar-refractivity contribution >= 4 is 22.3 Å². The van der Waals surface area contributed by atoms with Gasteiger partial charge in [-0.2, -0.15) is 0 Å². The molecule has 0 spiro atoms. The van der Waals surface area contributed by atoms with E-state index >= 15 is 0 Å². The van der Waals surface area contributed by atoms with Crippen LogP contribution in [0.4, 0.5) is 0 Å². The van der Waals surface area contributed by atoms with Crippen molar-refractivity contribution in [1.82, 2.24) is 9.97 Å². The third-order valence-electron chi connectivity index (χ3n) is 4.31. The monoisotopic (exact) mass is 322 g/mol. The van der Waals surface area contributed by atoms with Crippen molar-refractivity contribution in [3.8, 4) is 22.5 Å². The molecule has 0 fully saturated rings. The van der Waals surface area contributed by atoms with E-state index in [0.29, 0.717) is 5.71 Å². The van der Waals surface area contributed by atoms with Gasteiger partial charge in [-0.05, 0) is 23.3 Å². The molecule has 5 aromatic rings. The van der Waals surface area contributed by atoms with Crippen molar-refractivity contribution in [2.24, 2.45) is 0 Å². The molecule has 0 amide bonds. The first kappa shape index (κ1) is 13.9. The van der Waals surface area contributed by atoms with E-state index in [0.717, 1.165) is 27.9 Å². The molecular weight excluding hydrogens is 308 g/mol. The molecule has 0 aliphatic carbocycles. The van der Waals surface area contributed by atoms with Crippen molar-refractivity contribution in [2.75, 3.05) is 0 Å². The minimum atomic E-state index is 0.570. The topological polar surface area (TPSA) is 38.9 Å². The predicted molar refractivity (Wildman–Crippen MR) is 100 cm³/mol. The smallest absolute Gasteiger partial charge is 0.246 e. The van der Waals surface area contributed by atoms with Gasteiger partial charge in [-0.1, -0.05) is 66.7 Å². The van der Waals surface area contributed by atoms with E-state index in [-0.39, 0.29) is 0 Å². The molecule has 0 radical (unpaired) electrons. The molecule has 3 aromatic carbocycles. The SMILES string of the molecule is c1ccc(-c2ccc(-c3cc4nc5ccccc5nc4o3)cc2)cc1. The van der Waals surface area contributed by atoms with Crippen molar-refractivity contribution < 1.29 is 4.42 Å². The highest BCUT2D eigenvalue weighted by Gasteiger charge is 2.10. The average molecular weight is 322 g/mol.